The second-order valence-corrected chi connectivity index (χ2v) is 4.28. The van der Waals surface area contributed by atoms with Crippen molar-refractivity contribution in [3.8, 4) is 10.6 Å². The van der Waals surface area contributed by atoms with Gasteiger partial charge >= 0.3 is 0 Å². The van der Waals surface area contributed by atoms with Crippen LogP contribution < -0.4 is 0 Å². The quantitative estimate of drug-likeness (QED) is 0.695. The molecule has 0 aliphatic rings. The zero-order valence-corrected chi connectivity index (χ0v) is 8.72. The molecule has 0 N–H and O–H groups in total. The molecule has 0 fully saturated rings. The highest BCUT2D eigenvalue weighted by Crippen LogP contribution is 2.26. The molecule has 68 valence electrons. The fourth-order valence-electron chi connectivity index (χ4n) is 1.19. The largest absolute Gasteiger partial charge is 0.272 e. The number of hydrogen-bond donors (Lipinski definition) is 0. The Kier molecular flexibility index (Phi) is 1.92. The molecule has 0 radical (unpaired) electrons. The van der Waals surface area contributed by atoms with E-state index in [1.165, 1.54) is 4.88 Å². The smallest absolute Gasteiger partial charge is 0.126 e. The summed E-state index contributed by atoms with van der Waals surface area (Å²) in [7, 11) is 1.94. The first kappa shape index (κ1) is 8.44. The number of hydrogen-bond acceptors (Lipinski definition) is 3. The van der Waals surface area contributed by atoms with Gasteiger partial charge in [0.15, 0.2) is 0 Å². The molecular weight excluding hydrogens is 182 g/mol. The third-order valence-electron chi connectivity index (χ3n) is 2.09. The van der Waals surface area contributed by atoms with E-state index >= 15 is 0 Å². The van der Waals surface area contributed by atoms with Crippen LogP contribution in [0.2, 0.25) is 0 Å². The Labute approximate surface area is 81.1 Å². The van der Waals surface area contributed by atoms with E-state index in [2.05, 4.69) is 23.9 Å². The number of aryl methyl sites for hydroxylation is 2. The van der Waals surface area contributed by atoms with Crippen molar-refractivity contribution in [1.82, 2.24) is 14.8 Å². The first-order chi connectivity index (χ1) is 6.18. The number of aromatic nitrogens is 3. The van der Waals surface area contributed by atoms with Crippen LogP contribution in [0.4, 0.5) is 0 Å². The average molecular weight is 193 g/mol. The van der Waals surface area contributed by atoms with E-state index in [4.69, 9.17) is 0 Å². The van der Waals surface area contributed by atoms with Gasteiger partial charge < -0.3 is 0 Å². The molecular formula is C9H11N3S. The van der Waals surface area contributed by atoms with Crippen molar-refractivity contribution >= 4 is 11.3 Å². The number of rotatable bonds is 1. The van der Waals surface area contributed by atoms with Gasteiger partial charge in [-0.3, -0.25) is 4.68 Å². The molecule has 2 aromatic rings. The minimum atomic E-state index is 1.06. The van der Waals surface area contributed by atoms with E-state index in [0.29, 0.717) is 0 Å². The maximum Gasteiger partial charge on any atom is 0.126 e. The molecule has 0 saturated heterocycles. The maximum absolute atomic E-state index is 4.33. The third-order valence-corrected chi connectivity index (χ3v) is 3.03. The average Bonchev–Trinajstić information content (AvgIpc) is 2.62. The third kappa shape index (κ3) is 1.37. The monoisotopic (exact) mass is 193 g/mol. The second kappa shape index (κ2) is 2.96. The molecule has 2 heterocycles. The van der Waals surface area contributed by atoms with Crippen molar-refractivity contribution in [2.45, 2.75) is 13.8 Å². The summed E-state index contributed by atoms with van der Waals surface area (Å²) < 4.78 is 1.87. The molecule has 0 aliphatic carbocycles. The SMILES string of the molecule is Cc1cnc(-c2cnn(C)c2C)s1. The standard InChI is InChI=1S/C9H11N3S/c1-6-4-10-9(13-6)8-5-11-12(3)7(8)2/h4-5H,1-3H3. The summed E-state index contributed by atoms with van der Waals surface area (Å²) in [5.74, 6) is 0. The van der Waals surface area contributed by atoms with Gasteiger partial charge in [0.1, 0.15) is 5.01 Å². The summed E-state index contributed by atoms with van der Waals surface area (Å²) in [6.07, 6.45) is 3.76. The zero-order valence-electron chi connectivity index (χ0n) is 7.90. The summed E-state index contributed by atoms with van der Waals surface area (Å²) in [6, 6.07) is 0. The van der Waals surface area contributed by atoms with Gasteiger partial charge in [-0.05, 0) is 13.8 Å². The summed E-state index contributed by atoms with van der Waals surface area (Å²) in [5.41, 5.74) is 2.30. The van der Waals surface area contributed by atoms with Gasteiger partial charge in [0.2, 0.25) is 0 Å². The predicted octanol–water partition coefficient (Wildman–Crippen LogP) is 2.16. The predicted molar refractivity (Wildman–Crippen MR) is 53.8 cm³/mol. The van der Waals surface area contributed by atoms with E-state index in [9.17, 15) is 0 Å². The number of nitrogens with zero attached hydrogens (tertiary/aromatic N) is 3. The van der Waals surface area contributed by atoms with Crippen LogP contribution in [0.25, 0.3) is 10.6 Å². The lowest BCUT2D eigenvalue weighted by Gasteiger charge is -1.94. The molecule has 3 nitrogen and oxygen atoms in total. The van der Waals surface area contributed by atoms with Gasteiger partial charge in [-0.15, -0.1) is 11.3 Å². The van der Waals surface area contributed by atoms with Gasteiger partial charge in [-0.25, -0.2) is 4.98 Å². The highest BCUT2D eigenvalue weighted by molar-refractivity contribution is 7.14. The maximum atomic E-state index is 4.33. The van der Waals surface area contributed by atoms with Crippen LogP contribution in [0.15, 0.2) is 12.4 Å². The Morgan fingerprint density at radius 2 is 2.08 bits per heavy atom. The second-order valence-electron chi connectivity index (χ2n) is 3.04. The molecule has 0 aromatic carbocycles. The lowest BCUT2D eigenvalue weighted by Crippen LogP contribution is -1.92. The van der Waals surface area contributed by atoms with E-state index in [1.807, 2.05) is 24.1 Å². The normalized spacial score (nSPS) is 10.7. The van der Waals surface area contributed by atoms with Crippen molar-refractivity contribution < 1.29 is 0 Å². The van der Waals surface area contributed by atoms with E-state index < -0.39 is 0 Å². The minimum absolute atomic E-state index is 1.06. The lowest BCUT2D eigenvalue weighted by molar-refractivity contribution is 0.740. The van der Waals surface area contributed by atoms with Gasteiger partial charge in [0.05, 0.1) is 11.8 Å². The minimum Gasteiger partial charge on any atom is -0.272 e. The molecule has 0 saturated carbocycles. The summed E-state index contributed by atoms with van der Waals surface area (Å²) in [5, 5.41) is 5.24. The Bertz CT molecular complexity index is 428. The van der Waals surface area contributed by atoms with Crippen molar-refractivity contribution in [2.24, 2.45) is 7.05 Å². The van der Waals surface area contributed by atoms with Crippen molar-refractivity contribution in [3.05, 3.63) is 23.0 Å². The van der Waals surface area contributed by atoms with E-state index in [0.717, 1.165) is 16.3 Å². The summed E-state index contributed by atoms with van der Waals surface area (Å²) in [6.45, 7) is 4.12. The molecule has 2 aromatic heterocycles. The first-order valence-corrected chi connectivity index (χ1v) is 4.91. The van der Waals surface area contributed by atoms with Gasteiger partial charge in [-0.2, -0.15) is 5.10 Å². The van der Waals surface area contributed by atoms with Crippen molar-refractivity contribution in [3.63, 3.8) is 0 Å². The molecule has 0 amide bonds. The molecule has 0 aliphatic heterocycles. The molecule has 2 rings (SSSR count). The Hall–Kier alpha value is -1.16. The summed E-state index contributed by atoms with van der Waals surface area (Å²) in [4.78, 5) is 5.56. The fourth-order valence-corrected chi connectivity index (χ4v) is 2.01. The van der Waals surface area contributed by atoms with Gasteiger partial charge in [-0.1, -0.05) is 0 Å². The van der Waals surface area contributed by atoms with Crippen LogP contribution in [-0.4, -0.2) is 14.8 Å². The molecule has 0 spiro atoms. The molecule has 0 bridgehead atoms. The lowest BCUT2D eigenvalue weighted by atomic mass is 10.3. The van der Waals surface area contributed by atoms with Crippen LogP contribution in [0, 0.1) is 13.8 Å². The van der Waals surface area contributed by atoms with Gasteiger partial charge in [0, 0.05) is 23.8 Å². The molecule has 4 heteroatoms. The molecule has 0 unspecified atom stereocenters. The highest BCUT2D eigenvalue weighted by atomic mass is 32.1. The molecule has 0 atom stereocenters. The van der Waals surface area contributed by atoms with Crippen LogP contribution in [0.5, 0.6) is 0 Å². The Morgan fingerprint density at radius 1 is 1.31 bits per heavy atom. The zero-order chi connectivity index (χ0) is 9.42. The Balaban J connectivity index is 2.52. The summed E-state index contributed by atoms with van der Waals surface area (Å²) >= 11 is 1.70. The van der Waals surface area contributed by atoms with E-state index in [-0.39, 0.29) is 0 Å². The van der Waals surface area contributed by atoms with Crippen LogP contribution in [0.3, 0.4) is 0 Å². The Morgan fingerprint density at radius 3 is 2.54 bits per heavy atom. The fraction of sp³-hybridized carbons (Fsp3) is 0.333. The van der Waals surface area contributed by atoms with E-state index in [1.54, 1.807) is 11.3 Å². The van der Waals surface area contributed by atoms with Crippen LogP contribution in [0.1, 0.15) is 10.6 Å². The van der Waals surface area contributed by atoms with Crippen LogP contribution >= 0.6 is 11.3 Å². The first-order valence-electron chi connectivity index (χ1n) is 4.10. The number of thiazole rings is 1. The van der Waals surface area contributed by atoms with Crippen molar-refractivity contribution in [2.75, 3.05) is 0 Å². The topological polar surface area (TPSA) is 30.7 Å². The van der Waals surface area contributed by atoms with Gasteiger partial charge in [0.25, 0.3) is 0 Å². The van der Waals surface area contributed by atoms with Crippen molar-refractivity contribution in [1.29, 1.82) is 0 Å². The molecule has 13 heavy (non-hydrogen) atoms. The highest BCUT2D eigenvalue weighted by Gasteiger charge is 2.08. The van der Waals surface area contributed by atoms with Crippen LogP contribution in [-0.2, 0) is 7.05 Å².